The van der Waals surface area contributed by atoms with Gasteiger partial charge in [0.15, 0.2) is 0 Å². The number of hydrogen-bond donors (Lipinski definition) is 4. The lowest BCUT2D eigenvalue weighted by molar-refractivity contribution is -0.155. The molecule has 0 radical (unpaired) electrons. The number of benzene rings is 2. The Balaban J connectivity index is 2.00. The van der Waals surface area contributed by atoms with Crippen LogP contribution in [-0.2, 0) is 31.2 Å². The fraction of sp³-hybridized carbons (Fsp3) is 0.469. The van der Waals surface area contributed by atoms with Gasteiger partial charge in [0.1, 0.15) is 17.7 Å². The molecule has 0 bridgehead atoms. The van der Waals surface area contributed by atoms with Gasteiger partial charge >= 0.3 is 5.97 Å². The number of aliphatic imine (C=N–C) groups is 1. The lowest BCUT2D eigenvalue weighted by Gasteiger charge is -2.35. The molecule has 0 aromatic heterocycles. The summed E-state index contributed by atoms with van der Waals surface area (Å²) >= 11 is 0. The second kappa shape index (κ2) is 14.8. The summed E-state index contributed by atoms with van der Waals surface area (Å²) in [6.45, 7) is 5.40. The summed E-state index contributed by atoms with van der Waals surface area (Å²) in [5.41, 5.74) is 6.25. The summed E-state index contributed by atoms with van der Waals surface area (Å²) in [5, 5.41) is 23.5. The number of carboxylic acid groups (broad SMARTS) is 1. The first-order chi connectivity index (χ1) is 20.0. The number of aliphatic carboxylic acids is 1. The minimum Gasteiger partial charge on any atom is -0.480 e. The maximum atomic E-state index is 14.0. The molecule has 10 nitrogen and oxygen atoms in total. The van der Waals surface area contributed by atoms with Gasteiger partial charge in [-0.15, -0.1) is 0 Å². The molecule has 3 amide bonds. The molecular weight excluding hydrogens is 536 g/mol. The van der Waals surface area contributed by atoms with Crippen LogP contribution in [0.4, 0.5) is 5.69 Å². The van der Waals surface area contributed by atoms with Crippen LogP contribution in [-0.4, -0.2) is 63.1 Å². The van der Waals surface area contributed by atoms with Gasteiger partial charge in [0.2, 0.25) is 17.7 Å². The Morgan fingerprint density at radius 3 is 2.36 bits per heavy atom. The molecule has 0 saturated carbocycles. The quantitative estimate of drug-likeness (QED) is 0.251. The van der Waals surface area contributed by atoms with Crippen molar-refractivity contribution in [2.75, 3.05) is 0 Å². The summed E-state index contributed by atoms with van der Waals surface area (Å²) < 4.78 is 0. The number of carbonyl (C=O) groups excluding carboxylic acids is 3. The van der Waals surface area contributed by atoms with E-state index in [-0.39, 0.29) is 18.8 Å². The number of nitrogens with zero attached hydrogens (tertiary/aromatic N) is 2. The Kier molecular flexibility index (Phi) is 11.5. The van der Waals surface area contributed by atoms with E-state index < -0.39 is 53.8 Å². The zero-order chi connectivity index (χ0) is 30.9. The Hall–Kier alpha value is -3.89. The van der Waals surface area contributed by atoms with E-state index in [1.54, 1.807) is 24.3 Å². The number of aliphatic hydroxyl groups is 1. The number of rotatable bonds is 15. The van der Waals surface area contributed by atoms with Crippen molar-refractivity contribution in [2.45, 2.75) is 89.4 Å². The van der Waals surface area contributed by atoms with Gasteiger partial charge in [-0.05, 0) is 37.3 Å². The Bertz CT molecular complexity index is 1280. The van der Waals surface area contributed by atoms with Crippen LogP contribution >= 0.6 is 0 Å². The standard InChI is InChI=1S/C32H42N4O6/c1-4-5-11-21(2)16-17-28(37)36(30(39)25(33)18-23-12-7-6-8-13-23)27(29(38)35-22(3)31(40)41)19-32(42)20-34-26-15-10-9-14-24(26)32/h6-10,12-15,20-22,25,27,42H,4-5,11,16-19,33H2,1-3H3,(H,35,38)(H,40,41)/t21-,22-,25+,27+,32+/m0/s1. The number of hydrogen-bond acceptors (Lipinski definition) is 7. The van der Waals surface area contributed by atoms with E-state index in [1.807, 2.05) is 37.3 Å². The van der Waals surface area contributed by atoms with Crippen LogP contribution in [0, 0.1) is 5.92 Å². The second-order valence-corrected chi connectivity index (χ2v) is 11.2. The largest absolute Gasteiger partial charge is 0.480 e. The van der Waals surface area contributed by atoms with Gasteiger partial charge in [-0.3, -0.25) is 29.1 Å². The van der Waals surface area contributed by atoms with Crippen molar-refractivity contribution < 1.29 is 29.4 Å². The van der Waals surface area contributed by atoms with Crippen molar-refractivity contribution in [3.8, 4) is 0 Å². The van der Waals surface area contributed by atoms with E-state index in [0.29, 0.717) is 17.7 Å². The molecule has 0 aliphatic carbocycles. The van der Waals surface area contributed by atoms with Crippen molar-refractivity contribution in [1.29, 1.82) is 0 Å². The molecule has 10 heteroatoms. The zero-order valence-electron chi connectivity index (χ0n) is 24.5. The molecule has 0 saturated heterocycles. The highest BCUT2D eigenvalue weighted by atomic mass is 16.4. The van der Waals surface area contributed by atoms with E-state index in [1.165, 1.54) is 13.1 Å². The first-order valence-electron chi connectivity index (χ1n) is 14.5. The molecule has 1 heterocycles. The molecule has 0 fully saturated rings. The first kappa shape index (κ1) is 32.6. The van der Waals surface area contributed by atoms with Crippen LogP contribution in [0.25, 0.3) is 0 Å². The van der Waals surface area contributed by atoms with Crippen LogP contribution < -0.4 is 11.1 Å². The Labute approximate surface area is 247 Å². The van der Waals surface area contributed by atoms with Crippen molar-refractivity contribution in [3.63, 3.8) is 0 Å². The van der Waals surface area contributed by atoms with Crippen LogP contribution in [0.15, 0.2) is 59.6 Å². The zero-order valence-corrected chi connectivity index (χ0v) is 24.5. The molecular formula is C32H42N4O6. The summed E-state index contributed by atoms with van der Waals surface area (Å²) in [6, 6.07) is 11.9. The molecule has 5 N–H and O–H groups in total. The highest BCUT2D eigenvalue weighted by Gasteiger charge is 2.45. The third-order valence-electron chi connectivity index (χ3n) is 7.66. The fourth-order valence-electron chi connectivity index (χ4n) is 5.10. The van der Waals surface area contributed by atoms with Crippen molar-refractivity contribution in [3.05, 3.63) is 65.7 Å². The lowest BCUT2D eigenvalue weighted by atomic mass is 9.87. The fourth-order valence-corrected chi connectivity index (χ4v) is 5.10. The predicted octanol–water partition coefficient (Wildman–Crippen LogP) is 3.47. The SMILES string of the molecule is CCCC[C@H](C)CCC(=O)N(C(=O)[C@H](N)Cc1ccccc1)[C@H](C[C@@]1(O)C=Nc2ccccc21)C(=O)N[C@@H](C)C(=O)O. The minimum absolute atomic E-state index is 0.0178. The third kappa shape index (κ3) is 8.33. The molecule has 0 spiro atoms. The number of nitrogens with one attached hydrogen (secondary N) is 1. The maximum Gasteiger partial charge on any atom is 0.325 e. The molecule has 0 unspecified atom stereocenters. The topological polar surface area (TPSA) is 162 Å². The van der Waals surface area contributed by atoms with Gasteiger partial charge < -0.3 is 21.3 Å². The van der Waals surface area contributed by atoms with E-state index >= 15 is 0 Å². The molecule has 1 aliphatic rings. The van der Waals surface area contributed by atoms with Crippen LogP contribution in [0.2, 0.25) is 0 Å². The average Bonchev–Trinajstić information content (AvgIpc) is 3.31. The minimum atomic E-state index is -1.79. The molecule has 5 atom stereocenters. The number of nitrogens with two attached hydrogens (primary N) is 1. The number of unbranched alkanes of at least 4 members (excludes halogenated alkanes) is 1. The van der Waals surface area contributed by atoms with Crippen molar-refractivity contribution in [2.24, 2.45) is 16.6 Å². The maximum absolute atomic E-state index is 14.0. The summed E-state index contributed by atoms with van der Waals surface area (Å²) in [7, 11) is 0. The number of fused-ring (bicyclic) bond motifs is 1. The smallest absolute Gasteiger partial charge is 0.325 e. The summed E-state index contributed by atoms with van der Waals surface area (Å²) in [4.78, 5) is 58.2. The molecule has 2 aromatic carbocycles. The van der Waals surface area contributed by atoms with Gasteiger partial charge in [0, 0.05) is 24.6 Å². The first-order valence-corrected chi connectivity index (χ1v) is 14.5. The number of para-hydroxylation sites is 1. The molecule has 1 aliphatic heterocycles. The van der Waals surface area contributed by atoms with E-state index in [9.17, 15) is 29.4 Å². The average molecular weight is 579 g/mol. The van der Waals surface area contributed by atoms with E-state index in [4.69, 9.17) is 5.73 Å². The lowest BCUT2D eigenvalue weighted by Crippen LogP contribution is -2.60. The highest BCUT2D eigenvalue weighted by Crippen LogP contribution is 2.39. The van der Waals surface area contributed by atoms with E-state index in [0.717, 1.165) is 29.7 Å². The highest BCUT2D eigenvalue weighted by molar-refractivity contribution is 6.03. The van der Waals surface area contributed by atoms with Crippen LogP contribution in [0.3, 0.4) is 0 Å². The monoisotopic (exact) mass is 578 g/mol. The van der Waals surface area contributed by atoms with Crippen LogP contribution in [0.1, 0.15) is 70.4 Å². The molecule has 226 valence electrons. The Morgan fingerprint density at radius 1 is 1.02 bits per heavy atom. The van der Waals surface area contributed by atoms with Crippen molar-refractivity contribution in [1.82, 2.24) is 10.2 Å². The van der Waals surface area contributed by atoms with Gasteiger partial charge in [-0.25, -0.2) is 0 Å². The molecule has 2 aromatic rings. The van der Waals surface area contributed by atoms with Gasteiger partial charge in [0.05, 0.1) is 11.7 Å². The number of amides is 3. The number of carbonyl (C=O) groups is 4. The molecule has 3 rings (SSSR count). The normalized spacial score (nSPS) is 18.4. The Morgan fingerprint density at radius 2 is 1.69 bits per heavy atom. The number of carboxylic acids is 1. The summed E-state index contributed by atoms with van der Waals surface area (Å²) in [5.74, 6) is -3.35. The number of imide groups is 1. The van der Waals surface area contributed by atoms with Gasteiger partial charge in [-0.2, -0.15) is 0 Å². The third-order valence-corrected chi connectivity index (χ3v) is 7.66. The van der Waals surface area contributed by atoms with Crippen molar-refractivity contribution >= 4 is 35.6 Å². The summed E-state index contributed by atoms with van der Waals surface area (Å²) in [6.07, 6.45) is 4.38. The second-order valence-electron chi connectivity index (χ2n) is 11.2. The predicted molar refractivity (Wildman–Crippen MR) is 160 cm³/mol. The van der Waals surface area contributed by atoms with Gasteiger partial charge in [-0.1, -0.05) is 81.6 Å². The van der Waals surface area contributed by atoms with Crippen LogP contribution in [0.5, 0.6) is 0 Å². The van der Waals surface area contributed by atoms with E-state index in [2.05, 4.69) is 17.2 Å². The molecule has 42 heavy (non-hydrogen) atoms. The van der Waals surface area contributed by atoms with Gasteiger partial charge in [0.25, 0.3) is 0 Å².